The highest BCUT2D eigenvalue weighted by atomic mass is 15.0. The first-order chi connectivity index (χ1) is 6.33. The molecule has 3 nitrogen and oxygen atoms in total. The molecule has 0 spiro atoms. The fraction of sp³-hybridized carbons (Fsp3) is 0.400. The number of aromatic nitrogens is 1. The number of nitrogens with zero attached hydrogens (tertiary/aromatic N) is 2. The minimum Gasteiger partial charge on any atom is -0.329 e. The summed E-state index contributed by atoms with van der Waals surface area (Å²) < 4.78 is 0. The quantitative estimate of drug-likeness (QED) is 0.568. The van der Waals surface area contributed by atoms with Crippen LogP contribution in [0, 0.1) is 0 Å². The van der Waals surface area contributed by atoms with E-state index in [1.807, 2.05) is 25.1 Å². The molecular formula is C10H15N3. The maximum atomic E-state index is 4.30. The van der Waals surface area contributed by atoms with Gasteiger partial charge in [0.1, 0.15) is 5.82 Å². The summed E-state index contributed by atoms with van der Waals surface area (Å²) in [7, 11) is 0. The third-order valence-corrected chi connectivity index (χ3v) is 1.55. The van der Waals surface area contributed by atoms with E-state index in [4.69, 9.17) is 0 Å². The van der Waals surface area contributed by atoms with E-state index >= 15 is 0 Å². The van der Waals surface area contributed by atoms with Crippen molar-refractivity contribution in [2.45, 2.75) is 20.3 Å². The fourth-order valence-electron chi connectivity index (χ4n) is 0.941. The normalized spacial score (nSPS) is 11.4. The molecule has 1 N–H and O–H groups in total. The van der Waals surface area contributed by atoms with Crippen LogP contribution in [0.1, 0.15) is 20.3 Å². The first-order valence-electron chi connectivity index (χ1n) is 4.52. The highest BCUT2D eigenvalue weighted by molar-refractivity contribution is 5.92. The van der Waals surface area contributed by atoms with Gasteiger partial charge in [-0.3, -0.25) is 4.99 Å². The van der Waals surface area contributed by atoms with Gasteiger partial charge in [0.2, 0.25) is 0 Å². The van der Waals surface area contributed by atoms with Crippen LogP contribution in [-0.4, -0.2) is 17.4 Å². The van der Waals surface area contributed by atoms with Gasteiger partial charge in [0, 0.05) is 12.7 Å². The summed E-state index contributed by atoms with van der Waals surface area (Å²) in [5.74, 6) is 1.76. The van der Waals surface area contributed by atoms with Crippen molar-refractivity contribution in [3.63, 3.8) is 0 Å². The molecule has 1 aromatic rings. The van der Waals surface area contributed by atoms with Crippen LogP contribution in [0.3, 0.4) is 0 Å². The molecule has 1 aromatic heterocycles. The largest absolute Gasteiger partial charge is 0.329 e. The number of rotatable bonds is 3. The van der Waals surface area contributed by atoms with E-state index < -0.39 is 0 Å². The van der Waals surface area contributed by atoms with Crippen molar-refractivity contribution in [1.29, 1.82) is 0 Å². The molecule has 0 atom stereocenters. The second-order valence-corrected chi connectivity index (χ2v) is 2.81. The third-order valence-electron chi connectivity index (χ3n) is 1.55. The van der Waals surface area contributed by atoms with E-state index in [0.717, 1.165) is 24.6 Å². The Kier molecular flexibility index (Phi) is 3.96. The molecule has 13 heavy (non-hydrogen) atoms. The van der Waals surface area contributed by atoms with Gasteiger partial charge in [-0.25, -0.2) is 4.98 Å². The number of anilines is 1. The van der Waals surface area contributed by atoms with Crippen LogP contribution in [0.5, 0.6) is 0 Å². The molecule has 3 heteroatoms. The molecule has 0 fully saturated rings. The molecule has 0 unspecified atom stereocenters. The number of aliphatic imine (C=N–C) groups is 1. The molecule has 1 rings (SSSR count). The van der Waals surface area contributed by atoms with Crippen LogP contribution in [0.4, 0.5) is 5.82 Å². The van der Waals surface area contributed by atoms with Gasteiger partial charge in [0.15, 0.2) is 0 Å². The Labute approximate surface area is 78.9 Å². The Morgan fingerprint density at radius 1 is 1.54 bits per heavy atom. The molecule has 0 aliphatic heterocycles. The molecule has 0 radical (unpaired) electrons. The second-order valence-electron chi connectivity index (χ2n) is 2.81. The van der Waals surface area contributed by atoms with Crippen LogP contribution in [0.25, 0.3) is 0 Å². The summed E-state index contributed by atoms with van der Waals surface area (Å²) in [4.78, 5) is 8.44. The monoisotopic (exact) mass is 177 g/mol. The molecule has 70 valence electrons. The Hall–Kier alpha value is -1.38. The topological polar surface area (TPSA) is 37.3 Å². The van der Waals surface area contributed by atoms with Crippen LogP contribution in [0.15, 0.2) is 29.4 Å². The van der Waals surface area contributed by atoms with E-state index in [0.29, 0.717) is 0 Å². The van der Waals surface area contributed by atoms with Gasteiger partial charge in [0.05, 0.1) is 5.84 Å². The van der Waals surface area contributed by atoms with Crippen molar-refractivity contribution in [2.24, 2.45) is 4.99 Å². The van der Waals surface area contributed by atoms with Gasteiger partial charge >= 0.3 is 0 Å². The van der Waals surface area contributed by atoms with Gasteiger partial charge < -0.3 is 5.32 Å². The van der Waals surface area contributed by atoms with Crippen LogP contribution < -0.4 is 5.32 Å². The van der Waals surface area contributed by atoms with Gasteiger partial charge in [-0.15, -0.1) is 0 Å². The molecule has 0 amide bonds. The number of nitrogens with one attached hydrogen (secondary N) is 1. The zero-order chi connectivity index (χ0) is 9.52. The lowest BCUT2D eigenvalue weighted by Gasteiger charge is -2.03. The summed E-state index contributed by atoms with van der Waals surface area (Å²) in [6.45, 7) is 4.92. The lowest BCUT2D eigenvalue weighted by atomic mass is 10.4. The number of pyridine rings is 1. The van der Waals surface area contributed by atoms with Gasteiger partial charge in [-0.2, -0.15) is 0 Å². The Balaban J connectivity index is 2.50. The smallest absolute Gasteiger partial charge is 0.131 e. The van der Waals surface area contributed by atoms with Crippen molar-refractivity contribution in [3.05, 3.63) is 24.4 Å². The Morgan fingerprint density at radius 3 is 3.00 bits per heavy atom. The standard InChI is InChI=1S/C10H15N3/c1-3-7-11-9(2)13-10-6-4-5-8-12-10/h4-6,8H,3,7H2,1-2H3,(H,11,12,13). The van der Waals surface area contributed by atoms with Gasteiger partial charge in [-0.1, -0.05) is 13.0 Å². The zero-order valence-electron chi connectivity index (χ0n) is 8.12. The van der Waals surface area contributed by atoms with E-state index in [2.05, 4.69) is 22.2 Å². The zero-order valence-corrected chi connectivity index (χ0v) is 8.12. The van der Waals surface area contributed by atoms with Gasteiger partial charge in [0.25, 0.3) is 0 Å². The molecule has 0 aliphatic rings. The number of hydrogen-bond donors (Lipinski definition) is 1. The minimum absolute atomic E-state index is 0.847. The minimum atomic E-state index is 0.847. The molecule has 1 heterocycles. The number of hydrogen-bond acceptors (Lipinski definition) is 2. The third kappa shape index (κ3) is 3.69. The molecule has 0 aliphatic carbocycles. The summed E-state index contributed by atoms with van der Waals surface area (Å²) in [6.07, 6.45) is 2.83. The predicted octanol–water partition coefficient (Wildman–Crippen LogP) is 2.32. The van der Waals surface area contributed by atoms with E-state index in [1.54, 1.807) is 6.20 Å². The van der Waals surface area contributed by atoms with E-state index in [-0.39, 0.29) is 0 Å². The molecule has 0 aromatic carbocycles. The van der Waals surface area contributed by atoms with Crippen molar-refractivity contribution in [1.82, 2.24) is 4.98 Å². The second kappa shape index (κ2) is 5.30. The van der Waals surface area contributed by atoms with Crippen LogP contribution >= 0.6 is 0 Å². The highest BCUT2D eigenvalue weighted by Gasteiger charge is 1.91. The highest BCUT2D eigenvalue weighted by Crippen LogP contribution is 1.99. The van der Waals surface area contributed by atoms with Crippen molar-refractivity contribution in [2.75, 3.05) is 11.9 Å². The first kappa shape index (κ1) is 9.71. The first-order valence-corrected chi connectivity index (χ1v) is 4.52. The summed E-state index contributed by atoms with van der Waals surface area (Å²) >= 11 is 0. The van der Waals surface area contributed by atoms with E-state index in [1.165, 1.54) is 0 Å². The molecular weight excluding hydrogens is 162 g/mol. The predicted molar refractivity (Wildman–Crippen MR) is 56.1 cm³/mol. The maximum absolute atomic E-state index is 4.30. The average Bonchev–Trinajstić information content (AvgIpc) is 2.16. The molecule has 0 bridgehead atoms. The average molecular weight is 177 g/mol. The lowest BCUT2D eigenvalue weighted by molar-refractivity contribution is 0.930. The summed E-state index contributed by atoms with van der Waals surface area (Å²) in [5, 5.41) is 3.12. The Morgan fingerprint density at radius 2 is 2.38 bits per heavy atom. The van der Waals surface area contributed by atoms with Crippen molar-refractivity contribution < 1.29 is 0 Å². The van der Waals surface area contributed by atoms with Crippen molar-refractivity contribution >= 4 is 11.7 Å². The fourth-order valence-corrected chi connectivity index (χ4v) is 0.941. The van der Waals surface area contributed by atoms with Gasteiger partial charge in [-0.05, 0) is 25.5 Å². The Bertz CT molecular complexity index is 267. The SMILES string of the molecule is CCCN=C(C)Nc1ccccn1. The lowest BCUT2D eigenvalue weighted by Crippen LogP contribution is -2.08. The molecule has 0 saturated carbocycles. The number of amidine groups is 1. The van der Waals surface area contributed by atoms with E-state index in [9.17, 15) is 0 Å². The van der Waals surface area contributed by atoms with Crippen LogP contribution in [0.2, 0.25) is 0 Å². The molecule has 0 saturated heterocycles. The van der Waals surface area contributed by atoms with Crippen molar-refractivity contribution in [3.8, 4) is 0 Å². The van der Waals surface area contributed by atoms with Crippen LogP contribution in [-0.2, 0) is 0 Å². The summed E-state index contributed by atoms with van der Waals surface area (Å²) in [5.41, 5.74) is 0. The maximum Gasteiger partial charge on any atom is 0.131 e. The summed E-state index contributed by atoms with van der Waals surface area (Å²) in [6, 6.07) is 5.76.